The fourth-order valence-corrected chi connectivity index (χ4v) is 0.541. The molecular weight excluding hydrogens is 102 g/mol. The number of hydrogen-bond acceptors (Lipinski definition) is 1. The number of H-pyrrole nitrogens is 1. The molecule has 0 aliphatic rings. The van der Waals surface area contributed by atoms with Crippen molar-refractivity contribution in [2.24, 2.45) is 0 Å². The maximum Gasteiger partial charge on any atom is 0.191 e. The molecule has 1 heterocycles. The predicted octanol–water partition coefficient (Wildman–Crippen LogP) is 1.13. The molecule has 1 aromatic rings. The molecule has 1 aromatic heterocycles. The minimum absolute atomic E-state index is 0.766. The third-order valence-electron chi connectivity index (χ3n) is 0.950. The summed E-state index contributed by atoms with van der Waals surface area (Å²) in [5.41, 5.74) is 1.00. The third-order valence-corrected chi connectivity index (χ3v) is 0.950. The van der Waals surface area contributed by atoms with Gasteiger partial charge in [0, 0.05) is 17.8 Å². The number of ether oxygens (including phenoxy) is 1. The summed E-state index contributed by atoms with van der Waals surface area (Å²) in [6.07, 6.45) is 0. The van der Waals surface area contributed by atoms with E-state index < -0.39 is 0 Å². The summed E-state index contributed by atoms with van der Waals surface area (Å²) in [5.74, 6) is 0.766. The molecule has 1 radical (unpaired) electrons. The summed E-state index contributed by atoms with van der Waals surface area (Å²) >= 11 is 0. The summed E-state index contributed by atoms with van der Waals surface area (Å²) in [7, 11) is 1.62. The normalized spacial score (nSPS) is 9.25. The molecule has 1 N–H and O–H groups in total. The van der Waals surface area contributed by atoms with Gasteiger partial charge in [0.05, 0.1) is 7.11 Å². The third kappa shape index (κ3) is 0.832. The van der Waals surface area contributed by atoms with Crippen molar-refractivity contribution in [2.75, 3.05) is 7.11 Å². The maximum atomic E-state index is 4.85. The second kappa shape index (κ2) is 1.90. The van der Waals surface area contributed by atoms with Gasteiger partial charge in [0.1, 0.15) is 0 Å². The lowest BCUT2D eigenvalue weighted by atomic mass is 10.5. The largest absolute Gasteiger partial charge is 0.482 e. The zero-order chi connectivity index (χ0) is 5.98. The number of aryl methyl sites for hydroxylation is 1. The molecule has 0 amide bonds. The number of hydrogen-bond donors (Lipinski definition) is 1. The lowest BCUT2D eigenvalue weighted by Crippen LogP contribution is -1.80. The van der Waals surface area contributed by atoms with Crippen LogP contribution in [0, 0.1) is 13.0 Å². The van der Waals surface area contributed by atoms with Crippen LogP contribution in [-0.2, 0) is 0 Å². The van der Waals surface area contributed by atoms with E-state index in [-0.39, 0.29) is 0 Å². The average Bonchev–Trinajstić information content (AvgIpc) is 2.14. The van der Waals surface area contributed by atoms with Gasteiger partial charge in [-0.15, -0.1) is 0 Å². The Labute approximate surface area is 48.5 Å². The van der Waals surface area contributed by atoms with Gasteiger partial charge in [0.2, 0.25) is 0 Å². The van der Waals surface area contributed by atoms with Crippen LogP contribution in [0.4, 0.5) is 0 Å². The standard InChI is InChI=1S/C6H8NO/c1-5-3-4-6(7-5)8-2/h4,7H,1-2H3. The summed E-state index contributed by atoms with van der Waals surface area (Å²) in [5, 5.41) is 0. The quantitative estimate of drug-likeness (QED) is 0.576. The molecule has 8 heavy (non-hydrogen) atoms. The zero-order valence-electron chi connectivity index (χ0n) is 4.99. The van der Waals surface area contributed by atoms with E-state index in [9.17, 15) is 0 Å². The van der Waals surface area contributed by atoms with E-state index in [0.717, 1.165) is 11.6 Å². The molecule has 0 saturated heterocycles. The monoisotopic (exact) mass is 110 g/mol. The van der Waals surface area contributed by atoms with Crippen LogP contribution in [0.3, 0.4) is 0 Å². The van der Waals surface area contributed by atoms with Gasteiger partial charge in [-0.2, -0.15) is 0 Å². The number of aromatic nitrogens is 1. The Kier molecular flexibility index (Phi) is 1.24. The maximum absolute atomic E-state index is 4.85. The van der Waals surface area contributed by atoms with Gasteiger partial charge in [-0.05, 0) is 6.92 Å². The molecule has 0 spiro atoms. The van der Waals surface area contributed by atoms with E-state index in [1.165, 1.54) is 0 Å². The minimum Gasteiger partial charge on any atom is -0.482 e. The molecule has 1 rings (SSSR count). The fraction of sp³-hybridized carbons (Fsp3) is 0.333. The van der Waals surface area contributed by atoms with Crippen LogP contribution < -0.4 is 4.74 Å². The van der Waals surface area contributed by atoms with Crippen LogP contribution in [0.25, 0.3) is 0 Å². The number of rotatable bonds is 1. The van der Waals surface area contributed by atoms with Crippen LogP contribution in [0.5, 0.6) is 5.88 Å². The van der Waals surface area contributed by atoms with Crippen molar-refractivity contribution in [3.05, 3.63) is 17.8 Å². The van der Waals surface area contributed by atoms with Crippen LogP contribution >= 0.6 is 0 Å². The molecule has 0 saturated carbocycles. The van der Waals surface area contributed by atoms with Gasteiger partial charge in [0.25, 0.3) is 0 Å². The molecule has 0 aromatic carbocycles. The molecule has 0 aliphatic heterocycles. The van der Waals surface area contributed by atoms with Crippen molar-refractivity contribution in [1.82, 2.24) is 4.98 Å². The highest BCUT2D eigenvalue weighted by Crippen LogP contribution is 2.05. The number of aromatic amines is 1. The van der Waals surface area contributed by atoms with Crippen molar-refractivity contribution in [3.63, 3.8) is 0 Å². The fourth-order valence-electron chi connectivity index (χ4n) is 0.541. The van der Waals surface area contributed by atoms with Crippen molar-refractivity contribution in [2.45, 2.75) is 6.92 Å². The van der Waals surface area contributed by atoms with Gasteiger partial charge < -0.3 is 9.72 Å². The van der Waals surface area contributed by atoms with E-state index in [4.69, 9.17) is 4.74 Å². The summed E-state index contributed by atoms with van der Waals surface area (Å²) < 4.78 is 4.85. The Morgan fingerprint density at radius 1 is 1.75 bits per heavy atom. The Hall–Kier alpha value is -0.920. The highest BCUT2D eigenvalue weighted by Gasteiger charge is 1.89. The molecular formula is C6H8NO. The van der Waals surface area contributed by atoms with E-state index in [1.807, 2.05) is 6.92 Å². The zero-order valence-corrected chi connectivity index (χ0v) is 4.99. The number of nitrogens with one attached hydrogen (secondary N) is 1. The van der Waals surface area contributed by atoms with Gasteiger partial charge >= 0.3 is 0 Å². The second-order valence-electron chi connectivity index (χ2n) is 1.61. The van der Waals surface area contributed by atoms with Crippen molar-refractivity contribution >= 4 is 0 Å². The van der Waals surface area contributed by atoms with Crippen LogP contribution in [0.15, 0.2) is 6.07 Å². The number of methoxy groups -OCH3 is 1. The SMILES string of the molecule is COc1c[c]c(C)[nH]1. The van der Waals surface area contributed by atoms with Crippen LogP contribution in [0.2, 0.25) is 0 Å². The predicted molar refractivity (Wildman–Crippen MR) is 30.9 cm³/mol. The topological polar surface area (TPSA) is 25.0 Å². The van der Waals surface area contributed by atoms with Gasteiger partial charge in [-0.25, -0.2) is 0 Å². The molecule has 0 unspecified atom stereocenters. The van der Waals surface area contributed by atoms with Crippen LogP contribution in [-0.4, -0.2) is 12.1 Å². The molecule has 2 heteroatoms. The van der Waals surface area contributed by atoms with Crippen LogP contribution in [0.1, 0.15) is 5.69 Å². The van der Waals surface area contributed by atoms with E-state index in [0.29, 0.717) is 0 Å². The van der Waals surface area contributed by atoms with Crippen molar-refractivity contribution in [1.29, 1.82) is 0 Å². The van der Waals surface area contributed by atoms with Gasteiger partial charge in [-0.3, -0.25) is 0 Å². The van der Waals surface area contributed by atoms with Crippen molar-refractivity contribution < 1.29 is 4.74 Å². The summed E-state index contributed by atoms with van der Waals surface area (Å²) in [6, 6.07) is 4.71. The first-order valence-electron chi connectivity index (χ1n) is 2.44. The lowest BCUT2D eigenvalue weighted by Gasteiger charge is -1.89. The Morgan fingerprint density at radius 2 is 2.50 bits per heavy atom. The first-order chi connectivity index (χ1) is 3.83. The molecule has 2 nitrogen and oxygen atoms in total. The second-order valence-corrected chi connectivity index (χ2v) is 1.61. The molecule has 0 atom stereocenters. The Morgan fingerprint density at radius 3 is 2.75 bits per heavy atom. The highest BCUT2D eigenvalue weighted by molar-refractivity contribution is 5.14. The van der Waals surface area contributed by atoms with E-state index in [1.54, 1.807) is 13.2 Å². The Bertz CT molecular complexity index is 169. The van der Waals surface area contributed by atoms with E-state index in [2.05, 4.69) is 11.1 Å². The first-order valence-corrected chi connectivity index (χ1v) is 2.44. The lowest BCUT2D eigenvalue weighted by molar-refractivity contribution is 0.400. The van der Waals surface area contributed by atoms with Gasteiger partial charge in [-0.1, -0.05) is 0 Å². The Balaban J connectivity index is 2.84. The summed E-state index contributed by atoms with van der Waals surface area (Å²) in [6.45, 7) is 1.93. The molecule has 0 aliphatic carbocycles. The van der Waals surface area contributed by atoms with Crippen molar-refractivity contribution in [3.8, 4) is 5.88 Å². The molecule has 0 bridgehead atoms. The summed E-state index contributed by atoms with van der Waals surface area (Å²) in [4.78, 5) is 2.95. The smallest absolute Gasteiger partial charge is 0.191 e. The molecule has 0 fully saturated rings. The minimum atomic E-state index is 0.766. The van der Waals surface area contributed by atoms with E-state index >= 15 is 0 Å². The molecule has 43 valence electrons. The van der Waals surface area contributed by atoms with Gasteiger partial charge in [0.15, 0.2) is 5.88 Å². The average molecular weight is 110 g/mol. The highest BCUT2D eigenvalue weighted by atomic mass is 16.5. The first kappa shape index (κ1) is 5.22.